The van der Waals surface area contributed by atoms with Crippen molar-refractivity contribution in [3.63, 3.8) is 0 Å². The third-order valence-electron chi connectivity index (χ3n) is 2.44. The highest BCUT2D eigenvalue weighted by molar-refractivity contribution is 9.10. The second-order valence-electron chi connectivity index (χ2n) is 3.99. The van der Waals surface area contributed by atoms with Crippen molar-refractivity contribution in [2.24, 2.45) is 0 Å². The van der Waals surface area contributed by atoms with Crippen LogP contribution in [0.1, 0.15) is 5.56 Å². The first-order valence-electron chi connectivity index (χ1n) is 5.89. The number of halogens is 2. The number of carbonyl (C=O) groups excluding carboxylic acids is 1. The van der Waals surface area contributed by atoms with Crippen molar-refractivity contribution < 1.29 is 9.18 Å². The second kappa shape index (κ2) is 6.86. The molecule has 0 heterocycles. The molecule has 0 aromatic heterocycles. The van der Waals surface area contributed by atoms with Crippen molar-refractivity contribution in [2.75, 3.05) is 5.32 Å². The van der Waals surface area contributed by atoms with E-state index in [0.29, 0.717) is 5.69 Å². The molecule has 0 radical (unpaired) electrons. The molecule has 2 N–H and O–H groups in total. The summed E-state index contributed by atoms with van der Waals surface area (Å²) >= 11 is 3.32. The van der Waals surface area contributed by atoms with Crippen molar-refractivity contribution in [3.8, 4) is 0 Å². The minimum atomic E-state index is -0.346. The number of urea groups is 1. The molecule has 0 spiro atoms. The molecule has 2 rings (SSSR count). The lowest BCUT2D eigenvalue weighted by atomic mass is 10.2. The van der Waals surface area contributed by atoms with Gasteiger partial charge in [-0.05, 0) is 42.0 Å². The maximum Gasteiger partial charge on any atom is 0.323 e. The highest BCUT2D eigenvalue weighted by atomic mass is 79.9. The van der Waals surface area contributed by atoms with Crippen LogP contribution in [0.25, 0.3) is 6.08 Å². The molecule has 0 aliphatic carbocycles. The Bertz CT molecular complexity index is 626. The van der Waals surface area contributed by atoms with Crippen LogP contribution in [-0.2, 0) is 0 Å². The minimum absolute atomic E-state index is 0.289. The fourth-order valence-corrected chi connectivity index (χ4v) is 1.92. The van der Waals surface area contributed by atoms with Crippen LogP contribution in [0, 0.1) is 5.82 Å². The average Bonchev–Trinajstić information content (AvgIpc) is 2.41. The van der Waals surface area contributed by atoms with Gasteiger partial charge in [0, 0.05) is 16.4 Å². The molecule has 0 saturated heterocycles. The Labute approximate surface area is 124 Å². The summed E-state index contributed by atoms with van der Waals surface area (Å²) in [5.41, 5.74) is 1.49. The van der Waals surface area contributed by atoms with Gasteiger partial charge < -0.3 is 10.6 Å². The number of amides is 2. The van der Waals surface area contributed by atoms with Gasteiger partial charge in [0.1, 0.15) is 5.82 Å². The molecule has 0 aliphatic rings. The van der Waals surface area contributed by atoms with Crippen LogP contribution in [0.5, 0.6) is 0 Å². The van der Waals surface area contributed by atoms with E-state index in [1.165, 1.54) is 18.3 Å². The van der Waals surface area contributed by atoms with Gasteiger partial charge in [-0.3, -0.25) is 0 Å². The molecule has 0 saturated carbocycles. The zero-order valence-corrected chi connectivity index (χ0v) is 12.0. The van der Waals surface area contributed by atoms with Gasteiger partial charge in [0.25, 0.3) is 0 Å². The topological polar surface area (TPSA) is 41.1 Å². The Morgan fingerprint density at radius 1 is 1.15 bits per heavy atom. The lowest BCUT2D eigenvalue weighted by molar-refractivity contribution is 0.255. The number of nitrogens with one attached hydrogen (secondary N) is 2. The van der Waals surface area contributed by atoms with Gasteiger partial charge in [-0.2, -0.15) is 0 Å². The second-order valence-corrected chi connectivity index (χ2v) is 4.91. The van der Waals surface area contributed by atoms with Gasteiger partial charge in [-0.1, -0.05) is 34.1 Å². The smallest absolute Gasteiger partial charge is 0.314 e. The zero-order valence-electron chi connectivity index (χ0n) is 10.4. The molecular formula is C15H12BrFN2O. The first kappa shape index (κ1) is 14.3. The molecule has 0 aliphatic heterocycles. The molecule has 20 heavy (non-hydrogen) atoms. The summed E-state index contributed by atoms with van der Waals surface area (Å²) in [6.07, 6.45) is 3.18. The van der Waals surface area contributed by atoms with E-state index >= 15 is 0 Å². The number of anilines is 1. The summed E-state index contributed by atoms with van der Waals surface area (Å²) in [5.74, 6) is -0.289. The summed E-state index contributed by atoms with van der Waals surface area (Å²) in [5, 5.41) is 5.26. The van der Waals surface area contributed by atoms with Crippen LogP contribution in [-0.4, -0.2) is 6.03 Å². The van der Waals surface area contributed by atoms with Crippen LogP contribution in [0.4, 0.5) is 14.9 Å². The Morgan fingerprint density at radius 2 is 1.90 bits per heavy atom. The minimum Gasteiger partial charge on any atom is -0.314 e. The van der Waals surface area contributed by atoms with E-state index in [0.717, 1.165) is 10.0 Å². The Morgan fingerprint density at radius 3 is 2.60 bits per heavy atom. The van der Waals surface area contributed by atoms with Gasteiger partial charge in [-0.15, -0.1) is 0 Å². The van der Waals surface area contributed by atoms with E-state index in [1.54, 1.807) is 30.3 Å². The van der Waals surface area contributed by atoms with Crippen molar-refractivity contribution in [2.45, 2.75) is 0 Å². The lowest BCUT2D eigenvalue weighted by Crippen LogP contribution is -2.23. The van der Waals surface area contributed by atoms with Gasteiger partial charge in [0.15, 0.2) is 0 Å². The normalized spacial score (nSPS) is 10.5. The standard InChI is InChI=1S/C15H12BrFN2O/c16-12-2-1-3-14(10-12)19-15(20)18-9-8-11-4-6-13(17)7-5-11/h1-10H,(H2,18,19,20)/b9-8+. The van der Waals surface area contributed by atoms with Crippen LogP contribution in [0.3, 0.4) is 0 Å². The molecule has 5 heteroatoms. The summed E-state index contributed by atoms with van der Waals surface area (Å²) in [6, 6.07) is 12.9. The van der Waals surface area contributed by atoms with E-state index < -0.39 is 0 Å². The molecule has 0 unspecified atom stereocenters. The molecule has 102 valence electrons. The fraction of sp³-hybridized carbons (Fsp3) is 0. The third-order valence-corrected chi connectivity index (χ3v) is 2.94. The Balaban J connectivity index is 1.87. The summed E-state index contributed by atoms with van der Waals surface area (Å²) < 4.78 is 13.6. The van der Waals surface area contributed by atoms with Gasteiger partial charge in [0.2, 0.25) is 0 Å². The van der Waals surface area contributed by atoms with Gasteiger partial charge in [-0.25, -0.2) is 9.18 Å². The third kappa shape index (κ3) is 4.51. The number of rotatable bonds is 3. The predicted octanol–water partition coefficient (Wildman–Crippen LogP) is 4.38. The molecular weight excluding hydrogens is 323 g/mol. The lowest BCUT2D eigenvalue weighted by Gasteiger charge is -2.04. The quantitative estimate of drug-likeness (QED) is 0.859. The highest BCUT2D eigenvalue weighted by Gasteiger charge is 1.99. The van der Waals surface area contributed by atoms with E-state index in [2.05, 4.69) is 26.6 Å². The molecule has 2 aromatic carbocycles. The monoisotopic (exact) mass is 334 g/mol. The molecule has 2 amide bonds. The van der Waals surface area contributed by atoms with Crippen molar-refractivity contribution in [1.82, 2.24) is 5.32 Å². The van der Waals surface area contributed by atoms with Gasteiger partial charge in [0.05, 0.1) is 0 Å². The molecule has 0 fully saturated rings. The number of hydrogen-bond donors (Lipinski definition) is 2. The fourth-order valence-electron chi connectivity index (χ4n) is 1.52. The van der Waals surface area contributed by atoms with E-state index in [1.807, 2.05) is 12.1 Å². The molecule has 0 bridgehead atoms. The average molecular weight is 335 g/mol. The maximum atomic E-state index is 12.7. The summed E-state index contributed by atoms with van der Waals surface area (Å²) in [7, 11) is 0. The largest absolute Gasteiger partial charge is 0.323 e. The van der Waals surface area contributed by atoms with Crippen LogP contribution >= 0.6 is 15.9 Å². The van der Waals surface area contributed by atoms with Crippen molar-refractivity contribution in [3.05, 3.63) is 70.6 Å². The number of benzene rings is 2. The highest BCUT2D eigenvalue weighted by Crippen LogP contribution is 2.15. The molecule has 0 atom stereocenters. The Hall–Kier alpha value is -2.14. The van der Waals surface area contributed by atoms with E-state index in [9.17, 15) is 9.18 Å². The summed E-state index contributed by atoms with van der Waals surface area (Å²) in [6.45, 7) is 0. The maximum absolute atomic E-state index is 12.7. The van der Waals surface area contributed by atoms with Gasteiger partial charge >= 0.3 is 6.03 Å². The first-order chi connectivity index (χ1) is 9.63. The van der Waals surface area contributed by atoms with Crippen LogP contribution in [0.2, 0.25) is 0 Å². The van der Waals surface area contributed by atoms with E-state index in [-0.39, 0.29) is 11.8 Å². The Kier molecular flexibility index (Phi) is 4.90. The molecule has 3 nitrogen and oxygen atoms in total. The van der Waals surface area contributed by atoms with E-state index in [4.69, 9.17) is 0 Å². The van der Waals surface area contributed by atoms with Crippen LogP contribution in [0.15, 0.2) is 59.2 Å². The summed E-state index contributed by atoms with van der Waals surface area (Å²) in [4.78, 5) is 11.6. The van der Waals surface area contributed by atoms with Crippen molar-refractivity contribution in [1.29, 1.82) is 0 Å². The number of hydrogen-bond acceptors (Lipinski definition) is 1. The first-order valence-corrected chi connectivity index (χ1v) is 6.68. The zero-order chi connectivity index (χ0) is 14.4. The van der Waals surface area contributed by atoms with Crippen molar-refractivity contribution >= 4 is 33.7 Å². The van der Waals surface area contributed by atoms with Crippen LogP contribution < -0.4 is 10.6 Å². The molecule has 2 aromatic rings. The predicted molar refractivity (Wildman–Crippen MR) is 81.7 cm³/mol. The SMILES string of the molecule is O=C(N/C=C/c1ccc(F)cc1)Nc1cccc(Br)c1. The number of carbonyl (C=O) groups is 1.